The molecular weight excluding hydrogens is 270 g/mol. The lowest BCUT2D eigenvalue weighted by atomic mass is 10.1. The first kappa shape index (κ1) is 16.8. The van der Waals surface area contributed by atoms with Crippen molar-refractivity contribution >= 4 is 17.5 Å². The number of nitrogens with two attached hydrogens (primary N) is 1. The molecule has 0 aliphatic carbocycles. The third-order valence-corrected chi connectivity index (χ3v) is 2.73. The van der Waals surface area contributed by atoms with E-state index in [9.17, 15) is 9.59 Å². The van der Waals surface area contributed by atoms with E-state index in [1.165, 1.54) is 7.11 Å². The molecule has 1 unspecified atom stereocenters. The number of para-hydroxylation sites is 1. The largest absolute Gasteiger partial charge is 0.494 e. The molecular formula is C15H23N3O3. The van der Waals surface area contributed by atoms with Crippen molar-refractivity contribution < 1.29 is 14.3 Å². The fraction of sp³-hybridized carbons (Fsp3) is 0.467. The smallest absolute Gasteiger partial charge is 0.255 e. The molecule has 0 radical (unpaired) electrons. The van der Waals surface area contributed by atoms with Crippen LogP contribution in [0.25, 0.3) is 0 Å². The Morgan fingerprint density at radius 2 is 1.90 bits per heavy atom. The highest BCUT2D eigenvalue weighted by atomic mass is 16.5. The maximum Gasteiger partial charge on any atom is 0.255 e. The fourth-order valence-electron chi connectivity index (χ4n) is 1.78. The van der Waals surface area contributed by atoms with Crippen molar-refractivity contribution in [2.45, 2.75) is 39.3 Å². The molecule has 21 heavy (non-hydrogen) atoms. The maximum atomic E-state index is 12.2. The SMILES string of the molecule is COc1c(N)cccc1C(=O)NC(C)C(=O)NC(C)(C)C. The van der Waals surface area contributed by atoms with Gasteiger partial charge in [0, 0.05) is 5.54 Å². The van der Waals surface area contributed by atoms with E-state index in [4.69, 9.17) is 10.5 Å². The van der Waals surface area contributed by atoms with E-state index >= 15 is 0 Å². The Labute approximate surface area is 125 Å². The molecule has 0 bridgehead atoms. The van der Waals surface area contributed by atoms with Crippen LogP contribution in [0.4, 0.5) is 5.69 Å². The molecule has 1 aromatic rings. The summed E-state index contributed by atoms with van der Waals surface area (Å²) in [5, 5.41) is 5.44. The van der Waals surface area contributed by atoms with Gasteiger partial charge in [-0.25, -0.2) is 0 Å². The van der Waals surface area contributed by atoms with Gasteiger partial charge < -0.3 is 21.1 Å². The second-order valence-corrected chi connectivity index (χ2v) is 5.86. The topological polar surface area (TPSA) is 93.4 Å². The number of hydrogen-bond donors (Lipinski definition) is 3. The average Bonchev–Trinajstić information content (AvgIpc) is 2.36. The summed E-state index contributed by atoms with van der Waals surface area (Å²) in [7, 11) is 1.44. The molecule has 0 aliphatic rings. The number of anilines is 1. The minimum absolute atomic E-state index is 0.251. The zero-order valence-corrected chi connectivity index (χ0v) is 13.1. The predicted molar refractivity (Wildman–Crippen MR) is 82.2 cm³/mol. The first-order valence-corrected chi connectivity index (χ1v) is 6.71. The molecule has 2 amide bonds. The molecule has 1 atom stereocenters. The molecule has 1 rings (SSSR count). The molecule has 1 aromatic carbocycles. The first-order chi connectivity index (χ1) is 9.65. The van der Waals surface area contributed by atoms with Crippen LogP contribution in [-0.4, -0.2) is 30.5 Å². The predicted octanol–water partition coefficient (Wildman–Crippen LogP) is 1.31. The van der Waals surface area contributed by atoms with Crippen molar-refractivity contribution in [2.75, 3.05) is 12.8 Å². The zero-order chi connectivity index (χ0) is 16.2. The number of ether oxygens (including phenoxy) is 1. The van der Waals surface area contributed by atoms with Crippen LogP contribution >= 0.6 is 0 Å². The number of rotatable bonds is 4. The summed E-state index contributed by atoms with van der Waals surface area (Å²) >= 11 is 0. The highest BCUT2D eigenvalue weighted by molar-refractivity contribution is 6.00. The lowest BCUT2D eigenvalue weighted by Gasteiger charge is -2.23. The summed E-state index contributed by atoms with van der Waals surface area (Å²) in [6.07, 6.45) is 0. The van der Waals surface area contributed by atoms with Gasteiger partial charge in [0.15, 0.2) is 5.75 Å². The van der Waals surface area contributed by atoms with E-state index in [-0.39, 0.29) is 11.4 Å². The van der Waals surface area contributed by atoms with Crippen LogP contribution < -0.4 is 21.1 Å². The van der Waals surface area contributed by atoms with Gasteiger partial charge in [-0.1, -0.05) is 6.07 Å². The van der Waals surface area contributed by atoms with Gasteiger partial charge in [0.1, 0.15) is 6.04 Å². The van der Waals surface area contributed by atoms with Crippen molar-refractivity contribution in [1.82, 2.24) is 10.6 Å². The van der Waals surface area contributed by atoms with Crippen LogP contribution in [0.5, 0.6) is 5.75 Å². The van der Waals surface area contributed by atoms with Crippen LogP contribution in [0.15, 0.2) is 18.2 Å². The van der Waals surface area contributed by atoms with Gasteiger partial charge in [0.05, 0.1) is 18.4 Å². The molecule has 0 saturated heterocycles. The number of methoxy groups -OCH3 is 1. The molecule has 0 fully saturated rings. The van der Waals surface area contributed by atoms with E-state index < -0.39 is 11.9 Å². The second-order valence-electron chi connectivity index (χ2n) is 5.86. The number of hydrogen-bond acceptors (Lipinski definition) is 4. The summed E-state index contributed by atoms with van der Waals surface area (Å²) in [6.45, 7) is 7.25. The standard InChI is InChI=1S/C15H23N3O3/c1-9(13(19)18-15(2,3)4)17-14(20)10-7-6-8-11(16)12(10)21-5/h6-9H,16H2,1-5H3,(H,17,20)(H,18,19). The zero-order valence-electron chi connectivity index (χ0n) is 13.1. The molecule has 0 saturated carbocycles. The molecule has 0 aliphatic heterocycles. The molecule has 116 valence electrons. The van der Waals surface area contributed by atoms with E-state index in [0.29, 0.717) is 17.0 Å². The van der Waals surface area contributed by atoms with E-state index in [1.54, 1.807) is 25.1 Å². The van der Waals surface area contributed by atoms with Crippen LogP contribution in [0.1, 0.15) is 38.1 Å². The minimum atomic E-state index is -0.664. The quantitative estimate of drug-likeness (QED) is 0.730. The van der Waals surface area contributed by atoms with Crippen molar-refractivity contribution in [1.29, 1.82) is 0 Å². The number of carbonyl (C=O) groups excluding carboxylic acids is 2. The summed E-state index contributed by atoms with van der Waals surface area (Å²) in [6, 6.07) is 4.24. The van der Waals surface area contributed by atoms with Gasteiger partial charge in [0.25, 0.3) is 5.91 Å². The van der Waals surface area contributed by atoms with Gasteiger partial charge in [-0.05, 0) is 39.8 Å². The summed E-state index contributed by atoms with van der Waals surface area (Å²) < 4.78 is 5.13. The Morgan fingerprint density at radius 1 is 1.29 bits per heavy atom. The lowest BCUT2D eigenvalue weighted by molar-refractivity contribution is -0.124. The lowest BCUT2D eigenvalue weighted by Crippen LogP contribution is -2.50. The van der Waals surface area contributed by atoms with Gasteiger partial charge in [-0.2, -0.15) is 0 Å². The number of benzene rings is 1. The number of nitrogens with one attached hydrogen (secondary N) is 2. The summed E-state index contributed by atoms with van der Waals surface area (Å²) in [5.74, 6) is -0.354. The van der Waals surface area contributed by atoms with Crippen LogP contribution in [0.3, 0.4) is 0 Å². The Bertz CT molecular complexity index is 535. The van der Waals surface area contributed by atoms with Gasteiger partial charge in [0.2, 0.25) is 5.91 Å². The molecule has 0 spiro atoms. The highest BCUT2D eigenvalue weighted by Gasteiger charge is 2.22. The molecule has 0 heterocycles. The van der Waals surface area contributed by atoms with Crippen LogP contribution in [-0.2, 0) is 4.79 Å². The maximum absolute atomic E-state index is 12.2. The van der Waals surface area contributed by atoms with Crippen molar-refractivity contribution in [3.8, 4) is 5.75 Å². The highest BCUT2D eigenvalue weighted by Crippen LogP contribution is 2.25. The van der Waals surface area contributed by atoms with Crippen molar-refractivity contribution in [3.63, 3.8) is 0 Å². The molecule has 4 N–H and O–H groups in total. The van der Waals surface area contributed by atoms with E-state index in [2.05, 4.69) is 10.6 Å². The van der Waals surface area contributed by atoms with Crippen molar-refractivity contribution in [3.05, 3.63) is 23.8 Å². The molecule has 6 heteroatoms. The average molecular weight is 293 g/mol. The molecule has 0 aromatic heterocycles. The minimum Gasteiger partial charge on any atom is -0.494 e. The second kappa shape index (κ2) is 6.47. The van der Waals surface area contributed by atoms with E-state index in [1.807, 2.05) is 20.8 Å². The fourth-order valence-corrected chi connectivity index (χ4v) is 1.78. The third-order valence-electron chi connectivity index (χ3n) is 2.73. The Kier molecular flexibility index (Phi) is 5.18. The number of amides is 2. The number of nitrogen functional groups attached to an aromatic ring is 1. The third kappa shape index (κ3) is 4.66. The molecule has 6 nitrogen and oxygen atoms in total. The van der Waals surface area contributed by atoms with Crippen LogP contribution in [0, 0.1) is 0 Å². The van der Waals surface area contributed by atoms with Crippen molar-refractivity contribution in [2.24, 2.45) is 0 Å². The van der Waals surface area contributed by atoms with Crippen LogP contribution in [0.2, 0.25) is 0 Å². The Hall–Kier alpha value is -2.24. The first-order valence-electron chi connectivity index (χ1n) is 6.71. The van der Waals surface area contributed by atoms with Gasteiger partial charge in [-0.15, -0.1) is 0 Å². The Morgan fingerprint density at radius 3 is 2.43 bits per heavy atom. The van der Waals surface area contributed by atoms with E-state index in [0.717, 1.165) is 0 Å². The van der Waals surface area contributed by atoms with Gasteiger partial charge in [-0.3, -0.25) is 9.59 Å². The summed E-state index contributed by atoms with van der Waals surface area (Å²) in [4.78, 5) is 24.2. The number of carbonyl (C=O) groups is 2. The van der Waals surface area contributed by atoms with Gasteiger partial charge >= 0.3 is 0 Å². The Balaban J connectivity index is 2.82. The normalized spacial score (nSPS) is 12.4. The monoisotopic (exact) mass is 293 g/mol. The summed E-state index contributed by atoms with van der Waals surface area (Å²) in [5.41, 5.74) is 6.07.